The lowest BCUT2D eigenvalue weighted by Crippen LogP contribution is -2.43. The van der Waals surface area contributed by atoms with Crippen molar-refractivity contribution in [3.05, 3.63) is 24.2 Å². The second-order valence-electron chi connectivity index (χ2n) is 5.66. The summed E-state index contributed by atoms with van der Waals surface area (Å²) < 4.78 is 5.30. The smallest absolute Gasteiger partial charge is 0.325 e. The molecule has 2 fully saturated rings. The molecule has 0 bridgehead atoms. The van der Waals surface area contributed by atoms with Crippen molar-refractivity contribution >= 4 is 11.9 Å². The van der Waals surface area contributed by atoms with Crippen LogP contribution in [0.25, 0.3) is 0 Å². The number of nitrogens with one attached hydrogen (secondary N) is 2. The van der Waals surface area contributed by atoms with Crippen LogP contribution in [0.2, 0.25) is 0 Å². The van der Waals surface area contributed by atoms with Gasteiger partial charge in [0, 0.05) is 6.54 Å². The maximum absolute atomic E-state index is 12.6. The van der Waals surface area contributed by atoms with Gasteiger partial charge in [-0.05, 0) is 50.9 Å². The summed E-state index contributed by atoms with van der Waals surface area (Å²) in [4.78, 5) is 26.0. The number of carbonyl (C=O) groups excluding carboxylic acids is 2. The predicted octanol–water partition coefficient (Wildman–Crippen LogP) is 1.05. The average molecular weight is 277 g/mol. The molecule has 2 aliphatic heterocycles. The number of hydrogen-bond donors (Lipinski definition) is 2. The lowest BCUT2D eigenvalue weighted by Gasteiger charge is -2.26. The third-order valence-electron chi connectivity index (χ3n) is 4.13. The fraction of sp³-hybridized carbons (Fsp3) is 0.571. The summed E-state index contributed by atoms with van der Waals surface area (Å²) in [6, 6.07) is 3.09. The first-order chi connectivity index (χ1) is 9.61. The van der Waals surface area contributed by atoms with E-state index in [1.807, 2.05) is 0 Å². The van der Waals surface area contributed by atoms with E-state index in [1.165, 1.54) is 11.2 Å². The number of urea groups is 1. The van der Waals surface area contributed by atoms with E-state index in [9.17, 15) is 9.59 Å². The van der Waals surface area contributed by atoms with Crippen molar-refractivity contribution in [2.24, 2.45) is 5.92 Å². The molecule has 0 radical (unpaired) electrons. The molecule has 108 valence electrons. The highest BCUT2D eigenvalue weighted by Crippen LogP contribution is 2.30. The maximum atomic E-state index is 12.6. The molecule has 3 heterocycles. The molecule has 2 saturated heterocycles. The van der Waals surface area contributed by atoms with Crippen LogP contribution in [0.1, 0.15) is 25.5 Å². The summed E-state index contributed by atoms with van der Waals surface area (Å²) in [6.07, 6.45) is 3.64. The number of imide groups is 1. The van der Waals surface area contributed by atoms with Crippen LogP contribution in [-0.4, -0.2) is 36.5 Å². The van der Waals surface area contributed by atoms with Crippen LogP contribution < -0.4 is 10.6 Å². The van der Waals surface area contributed by atoms with E-state index < -0.39 is 5.54 Å². The standard InChI is InChI=1S/C14H19N3O3/c1-14(11-5-3-7-20-11)12(18)17(13(19)16-14)9-10-4-2-6-15-8-10/h3,5,7,10,15H,2,4,6,8-9H2,1H3,(H,16,19). The minimum atomic E-state index is -1.08. The van der Waals surface area contributed by atoms with Gasteiger partial charge in [0.15, 0.2) is 5.54 Å². The molecule has 2 atom stereocenters. The Morgan fingerprint density at radius 1 is 1.50 bits per heavy atom. The van der Waals surface area contributed by atoms with Crippen molar-refractivity contribution in [2.45, 2.75) is 25.3 Å². The number of carbonyl (C=O) groups is 2. The summed E-state index contributed by atoms with van der Waals surface area (Å²) in [6.45, 7) is 4.02. The Balaban J connectivity index is 1.76. The molecule has 0 saturated carbocycles. The molecule has 2 aliphatic rings. The van der Waals surface area contributed by atoms with E-state index in [0.29, 0.717) is 18.2 Å². The molecule has 3 rings (SSSR count). The zero-order valence-corrected chi connectivity index (χ0v) is 11.5. The van der Waals surface area contributed by atoms with Gasteiger partial charge in [-0.15, -0.1) is 0 Å². The molecule has 3 amide bonds. The quantitative estimate of drug-likeness (QED) is 0.810. The molecule has 2 unspecified atom stereocenters. The second-order valence-corrected chi connectivity index (χ2v) is 5.66. The van der Waals surface area contributed by atoms with Gasteiger partial charge < -0.3 is 15.1 Å². The van der Waals surface area contributed by atoms with Gasteiger partial charge in [-0.25, -0.2) is 4.79 Å². The third-order valence-corrected chi connectivity index (χ3v) is 4.13. The maximum Gasteiger partial charge on any atom is 0.325 e. The minimum absolute atomic E-state index is 0.233. The van der Waals surface area contributed by atoms with Crippen molar-refractivity contribution < 1.29 is 14.0 Å². The predicted molar refractivity (Wildman–Crippen MR) is 71.9 cm³/mol. The Labute approximate surface area is 117 Å². The third kappa shape index (κ3) is 2.10. The second kappa shape index (κ2) is 4.94. The molecule has 1 aromatic heterocycles. The van der Waals surface area contributed by atoms with Crippen LogP contribution >= 0.6 is 0 Å². The van der Waals surface area contributed by atoms with Crippen molar-refractivity contribution in [3.63, 3.8) is 0 Å². The van der Waals surface area contributed by atoms with E-state index in [1.54, 1.807) is 19.1 Å². The van der Waals surface area contributed by atoms with Crippen LogP contribution in [0.4, 0.5) is 4.79 Å². The Bertz CT molecular complexity index is 508. The fourth-order valence-electron chi connectivity index (χ4n) is 2.93. The molecule has 0 aromatic carbocycles. The van der Waals surface area contributed by atoms with Gasteiger partial charge in [-0.2, -0.15) is 0 Å². The van der Waals surface area contributed by atoms with E-state index in [4.69, 9.17) is 4.42 Å². The van der Waals surface area contributed by atoms with E-state index in [2.05, 4.69) is 10.6 Å². The van der Waals surface area contributed by atoms with E-state index in [0.717, 1.165) is 25.9 Å². The van der Waals surface area contributed by atoms with E-state index in [-0.39, 0.29) is 11.9 Å². The van der Waals surface area contributed by atoms with Gasteiger partial charge in [0.2, 0.25) is 0 Å². The minimum Gasteiger partial charge on any atom is -0.466 e. The molecule has 0 aliphatic carbocycles. The summed E-state index contributed by atoms with van der Waals surface area (Å²) in [5.41, 5.74) is -1.08. The molecule has 2 N–H and O–H groups in total. The summed E-state index contributed by atoms with van der Waals surface area (Å²) >= 11 is 0. The number of furan rings is 1. The monoisotopic (exact) mass is 277 g/mol. The number of amides is 3. The summed E-state index contributed by atoms with van der Waals surface area (Å²) in [5.74, 6) is 0.570. The molecule has 20 heavy (non-hydrogen) atoms. The van der Waals surface area contributed by atoms with Crippen LogP contribution in [-0.2, 0) is 10.3 Å². The van der Waals surface area contributed by atoms with Gasteiger partial charge in [0.25, 0.3) is 5.91 Å². The highest BCUT2D eigenvalue weighted by Gasteiger charge is 2.51. The van der Waals surface area contributed by atoms with Crippen molar-refractivity contribution in [1.82, 2.24) is 15.5 Å². The average Bonchev–Trinajstić information content (AvgIpc) is 3.05. The van der Waals surface area contributed by atoms with Crippen molar-refractivity contribution in [2.75, 3.05) is 19.6 Å². The summed E-state index contributed by atoms with van der Waals surface area (Å²) in [5, 5.41) is 6.04. The van der Waals surface area contributed by atoms with Crippen molar-refractivity contribution in [1.29, 1.82) is 0 Å². The lowest BCUT2D eigenvalue weighted by atomic mass is 9.97. The fourth-order valence-corrected chi connectivity index (χ4v) is 2.93. The number of piperidine rings is 1. The van der Waals surface area contributed by atoms with Crippen LogP contribution in [0.3, 0.4) is 0 Å². The Morgan fingerprint density at radius 2 is 2.35 bits per heavy atom. The van der Waals surface area contributed by atoms with Crippen molar-refractivity contribution in [3.8, 4) is 0 Å². The van der Waals surface area contributed by atoms with Gasteiger partial charge in [-0.1, -0.05) is 0 Å². The number of hydrogen-bond acceptors (Lipinski definition) is 4. The highest BCUT2D eigenvalue weighted by atomic mass is 16.3. The normalized spacial score (nSPS) is 30.6. The van der Waals surface area contributed by atoms with Crippen LogP contribution in [0.15, 0.2) is 22.8 Å². The Morgan fingerprint density at radius 3 is 3.00 bits per heavy atom. The first kappa shape index (κ1) is 13.2. The Kier molecular flexibility index (Phi) is 3.25. The zero-order chi connectivity index (χ0) is 14.2. The first-order valence-corrected chi connectivity index (χ1v) is 7.00. The Hall–Kier alpha value is -1.82. The molecule has 6 nitrogen and oxygen atoms in total. The number of rotatable bonds is 3. The van der Waals surface area contributed by atoms with Crippen LogP contribution in [0, 0.1) is 5.92 Å². The zero-order valence-electron chi connectivity index (χ0n) is 11.5. The van der Waals surface area contributed by atoms with Gasteiger partial charge in [-0.3, -0.25) is 9.69 Å². The molecule has 6 heteroatoms. The molecule has 0 spiro atoms. The molecular weight excluding hydrogens is 258 g/mol. The SMILES string of the molecule is CC1(c2ccco2)NC(=O)N(CC2CCCNC2)C1=O. The van der Waals surface area contributed by atoms with Gasteiger partial charge >= 0.3 is 6.03 Å². The molecule has 1 aromatic rings. The first-order valence-electron chi connectivity index (χ1n) is 7.00. The van der Waals surface area contributed by atoms with Gasteiger partial charge in [0.1, 0.15) is 5.76 Å². The number of nitrogens with zero attached hydrogens (tertiary/aromatic N) is 1. The highest BCUT2D eigenvalue weighted by molar-refractivity contribution is 6.06. The topological polar surface area (TPSA) is 74.6 Å². The largest absolute Gasteiger partial charge is 0.466 e. The van der Waals surface area contributed by atoms with Crippen LogP contribution in [0.5, 0.6) is 0 Å². The van der Waals surface area contributed by atoms with Gasteiger partial charge in [0.05, 0.1) is 6.26 Å². The molecular formula is C14H19N3O3. The lowest BCUT2D eigenvalue weighted by molar-refractivity contribution is -0.132. The summed E-state index contributed by atoms with van der Waals surface area (Å²) in [7, 11) is 0. The van der Waals surface area contributed by atoms with E-state index >= 15 is 0 Å².